The third kappa shape index (κ3) is 3.03. The Morgan fingerprint density at radius 2 is 1.85 bits per heavy atom. The third-order valence-electron chi connectivity index (χ3n) is 4.49. The van der Waals surface area contributed by atoms with Crippen LogP contribution in [0.3, 0.4) is 0 Å². The van der Waals surface area contributed by atoms with E-state index in [9.17, 15) is 13.2 Å². The van der Waals surface area contributed by atoms with Crippen LogP contribution < -0.4 is 5.32 Å². The fourth-order valence-corrected chi connectivity index (χ4v) is 3.54. The van der Waals surface area contributed by atoms with Crippen molar-refractivity contribution in [1.82, 2.24) is 4.98 Å². The normalized spacial score (nSPS) is 13.4. The molecule has 6 heteroatoms. The van der Waals surface area contributed by atoms with Crippen LogP contribution in [0, 0.1) is 0 Å². The number of hydrogen-bond donors (Lipinski definition) is 1. The van der Waals surface area contributed by atoms with Gasteiger partial charge in [-0.2, -0.15) is 13.2 Å². The highest BCUT2D eigenvalue weighted by Crippen LogP contribution is 2.40. The molecule has 0 spiro atoms. The van der Waals surface area contributed by atoms with E-state index in [1.165, 1.54) is 11.8 Å². The first kappa shape index (κ1) is 16.9. The number of nitrogens with zero attached hydrogens (tertiary/aromatic N) is 1. The van der Waals surface area contributed by atoms with E-state index in [-0.39, 0.29) is 0 Å². The van der Waals surface area contributed by atoms with Gasteiger partial charge in [-0.3, -0.25) is 4.98 Å². The van der Waals surface area contributed by atoms with Gasteiger partial charge in [0.15, 0.2) is 0 Å². The lowest BCUT2D eigenvalue weighted by molar-refractivity contribution is -0.137. The molecule has 0 amide bonds. The zero-order valence-electron chi connectivity index (χ0n) is 13.6. The molecule has 26 heavy (non-hydrogen) atoms. The first-order chi connectivity index (χ1) is 12.4. The summed E-state index contributed by atoms with van der Waals surface area (Å²) in [6.07, 6.45) is -1.27. The second kappa shape index (κ2) is 6.32. The molecule has 1 N–H and O–H groups in total. The van der Waals surface area contributed by atoms with E-state index in [2.05, 4.69) is 10.3 Å². The number of pyridine rings is 1. The lowest BCUT2D eigenvalue weighted by Crippen LogP contribution is -2.05. The average Bonchev–Trinajstić information content (AvgIpc) is 3.08. The minimum atomic E-state index is -4.44. The highest BCUT2D eigenvalue weighted by molar-refractivity contribution is 6.34. The van der Waals surface area contributed by atoms with Gasteiger partial charge in [-0.25, -0.2) is 0 Å². The fraction of sp³-hybridized carbons (Fsp3) is 0.150. The van der Waals surface area contributed by atoms with E-state index in [0.29, 0.717) is 21.7 Å². The maximum Gasteiger partial charge on any atom is 0.417 e. The fourth-order valence-electron chi connectivity index (χ4n) is 3.26. The number of rotatable bonds is 2. The highest BCUT2D eigenvalue weighted by Gasteiger charge is 2.31. The van der Waals surface area contributed by atoms with Crippen molar-refractivity contribution in [3.8, 4) is 22.3 Å². The molecule has 2 aromatic carbocycles. The molecule has 0 aliphatic carbocycles. The van der Waals surface area contributed by atoms with Crippen molar-refractivity contribution in [3.63, 3.8) is 0 Å². The molecule has 132 valence electrons. The van der Waals surface area contributed by atoms with Gasteiger partial charge in [0.05, 0.1) is 5.56 Å². The Balaban J connectivity index is 1.88. The van der Waals surface area contributed by atoms with Crippen molar-refractivity contribution in [1.29, 1.82) is 0 Å². The number of benzene rings is 2. The molecular weight excluding hydrogens is 361 g/mol. The first-order valence-corrected chi connectivity index (χ1v) is 8.49. The summed E-state index contributed by atoms with van der Waals surface area (Å²) >= 11 is 6.44. The second-order valence-electron chi connectivity index (χ2n) is 6.17. The van der Waals surface area contributed by atoms with Crippen LogP contribution in [0.5, 0.6) is 0 Å². The molecule has 0 bridgehead atoms. The van der Waals surface area contributed by atoms with Crippen molar-refractivity contribution >= 4 is 17.3 Å². The minimum Gasteiger partial charge on any atom is -0.384 e. The van der Waals surface area contributed by atoms with E-state index in [1.807, 2.05) is 18.2 Å². The summed E-state index contributed by atoms with van der Waals surface area (Å²) in [5.74, 6) is 0. The van der Waals surface area contributed by atoms with Crippen molar-refractivity contribution in [3.05, 3.63) is 71.0 Å². The van der Waals surface area contributed by atoms with E-state index in [0.717, 1.165) is 36.5 Å². The van der Waals surface area contributed by atoms with Gasteiger partial charge in [0.1, 0.15) is 0 Å². The van der Waals surface area contributed by atoms with Crippen LogP contribution in [0.25, 0.3) is 22.3 Å². The van der Waals surface area contributed by atoms with Crippen molar-refractivity contribution in [2.75, 3.05) is 11.9 Å². The first-order valence-electron chi connectivity index (χ1n) is 8.12. The van der Waals surface area contributed by atoms with Crippen LogP contribution in [-0.4, -0.2) is 11.5 Å². The number of alkyl halides is 3. The number of halogens is 4. The van der Waals surface area contributed by atoms with E-state index < -0.39 is 11.7 Å². The van der Waals surface area contributed by atoms with Gasteiger partial charge in [0, 0.05) is 40.8 Å². The van der Waals surface area contributed by atoms with E-state index in [1.54, 1.807) is 18.2 Å². The summed E-state index contributed by atoms with van der Waals surface area (Å²) in [5, 5.41) is 3.79. The average molecular weight is 375 g/mol. The molecular formula is C20H14ClF3N2. The van der Waals surface area contributed by atoms with Gasteiger partial charge >= 0.3 is 6.18 Å². The molecule has 0 radical (unpaired) electrons. The number of anilines is 1. The molecule has 2 heterocycles. The molecule has 0 fully saturated rings. The smallest absolute Gasteiger partial charge is 0.384 e. The number of fused-ring (bicyclic) bond motifs is 1. The monoisotopic (exact) mass is 374 g/mol. The van der Waals surface area contributed by atoms with Crippen LogP contribution in [0.1, 0.15) is 11.1 Å². The van der Waals surface area contributed by atoms with Gasteiger partial charge in [0.25, 0.3) is 0 Å². The summed E-state index contributed by atoms with van der Waals surface area (Å²) in [5.41, 5.74) is 4.09. The standard InChI is InChI=1S/C20H14ClF3N2/c21-17-3-1-2-16(14-9-15(11-25-10-14)20(22,23)24)19(17)13-4-5-18-12(8-13)6-7-26-18/h1-5,8-11,26H,6-7H2. The van der Waals surface area contributed by atoms with Gasteiger partial charge < -0.3 is 5.32 Å². The third-order valence-corrected chi connectivity index (χ3v) is 4.81. The molecule has 0 saturated heterocycles. The molecule has 1 aliphatic rings. The van der Waals surface area contributed by atoms with Gasteiger partial charge in [-0.15, -0.1) is 0 Å². The Hall–Kier alpha value is -2.53. The van der Waals surface area contributed by atoms with Crippen molar-refractivity contribution < 1.29 is 13.2 Å². The molecule has 1 aliphatic heterocycles. The van der Waals surface area contributed by atoms with Gasteiger partial charge in [-0.1, -0.05) is 29.8 Å². The topological polar surface area (TPSA) is 24.9 Å². The molecule has 0 saturated carbocycles. The molecule has 0 atom stereocenters. The largest absolute Gasteiger partial charge is 0.417 e. The highest BCUT2D eigenvalue weighted by atomic mass is 35.5. The maximum atomic E-state index is 13.1. The number of nitrogens with one attached hydrogen (secondary N) is 1. The summed E-state index contributed by atoms with van der Waals surface area (Å²) in [4.78, 5) is 3.78. The number of aromatic nitrogens is 1. The molecule has 0 unspecified atom stereocenters. The van der Waals surface area contributed by atoms with Crippen LogP contribution in [0.4, 0.5) is 18.9 Å². The predicted molar refractivity (Wildman–Crippen MR) is 97.3 cm³/mol. The lowest BCUT2D eigenvalue weighted by atomic mass is 9.93. The van der Waals surface area contributed by atoms with E-state index >= 15 is 0 Å². The zero-order chi connectivity index (χ0) is 18.3. The molecule has 2 nitrogen and oxygen atoms in total. The Kier molecular flexibility index (Phi) is 4.11. The lowest BCUT2D eigenvalue weighted by Gasteiger charge is -2.14. The maximum absolute atomic E-state index is 13.1. The quantitative estimate of drug-likeness (QED) is 0.590. The second-order valence-corrected chi connectivity index (χ2v) is 6.58. The van der Waals surface area contributed by atoms with Gasteiger partial charge in [0.2, 0.25) is 0 Å². The van der Waals surface area contributed by atoms with E-state index in [4.69, 9.17) is 11.6 Å². The Labute approximate surface area is 153 Å². The van der Waals surface area contributed by atoms with Crippen LogP contribution in [0.2, 0.25) is 5.02 Å². The van der Waals surface area contributed by atoms with Gasteiger partial charge in [-0.05, 0) is 47.4 Å². The summed E-state index contributed by atoms with van der Waals surface area (Å²) in [6, 6.07) is 12.3. The minimum absolute atomic E-state index is 0.385. The summed E-state index contributed by atoms with van der Waals surface area (Å²) < 4.78 is 39.2. The van der Waals surface area contributed by atoms with Crippen LogP contribution in [-0.2, 0) is 12.6 Å². The summed E-state index contributed by atoms with van der Waals surface area (Å²) in [7, 11) is 0. The van der Waals surface area contributed by atoms with Crippen molar-refractivity contribution in [2.24, 2.45) is 0 Å². The Bertz CT molecular complexity index is 983. The molecule has 1 aromatic heterocycles. The van der Waals surface area contributed by atoms with Crippen LogP contribution in [0.15, 0.2) is 54.9 Å². The molecule has 3 aromatic rings. The Morgan fingerprint density at radius 3 is 2.65 bits per heavy atom. The van der Waals surface area contributed by atoms with Crippen molar-refractivity contribution in [2.45, 2.75) is 12.6 Å². The molecule has 4 rings (SSSR count). The predicted octanol–water partition coefficient (Wildman–Crippen LogP) is 6.06. The SMILES string of the molecule is FC(F)(F)c1cncc(-c2cccc(Cl)c2-c2ccc3c(c2)CCN3)c1. The number of hydrogen-bond acceptors (Lipinski definition) is 2. The Morgan fingerprint density at radius 1 is 1.00 bits per heavy atom. The van der Waals surface area contributed by atoms with Crippen LogP contribution >= 0.6 is 11.6 Å². The summed E-state index contributed by atoms with van der Waals surface area (Å²) in [6.45, 7) is 0.881. The zero-order valence-corrected chi connectivity index (χ0v) is 14.3.